The van der Waals surface area contributed by atoms with Crippen molar-refractivity contribution in [2.75, 3.05) is 30.3 Å². The van der Waals surface area contributed by atoms with Gasteiger partial charge in [-0.05, 0) is 32.8 Å². The third-order valence-electron chi connectivity index (χ3n) is 4.84. The van der Waals surface area contributed by atoms with Crippen LogP contribution in [0.25, 0.3) is 11.2 Å². The number of fused-ring (bicyclic) bond motifs is 1. The van der Waals surface area contributed by atoms with Gasteiger partial charge in [-0.15, -0.1) is 0 Å². The molecule has 4 rings (SSSR count). The first-order valence-corrected chi connectivity index (χ1v) is 9.92. The molecule has 4 heterocycles. The fourth-order valence-corrected chi connectivity index (χ4v) is 3.35. The van der Waals surface area contributed by atoms with E-state index in [1.165, 1.54) is 0 Å². The molecule has 0 radical (unpaired) electrons. The first kappa shape index (κ1) is 19.0. The van der Waals surface area contributed by atoms with Crippen molar-refractivity contribution >= 4 is 34.8 Å². The highest BCUT2D eigenvalue weighted by Gasteiger charge is 2.19. The summed E-state index contributed by atoms with van der Waals surface area (Å²) in [5, 5.41) is 6.41. The minimum absolute atomic E-state index is 0.213. The molecule has 0 unspecified atom stereocenters. The predicted molar refractivity (Wildman–Crippen MR) is 110 cm³/mol. The molecule has 0 aliphatic carbocycles. The zero-order chi connectivity index (χ0) is 20.2. The van der Waals surface area contributed by atoms with Crippen LogP contribution >= 0.6 is 0 Å². The highest BCUT2D eigenvalue weighted by molar-refractivity contribution is 5.84. The molecule has 1 fully saturated rings. The van der Waals surface area contributed by atoms with Crippen LogP contribution in [0.2, 0.25) is 0 Å². The van der Waals surface area contributed by atoms with Crippen LogP contribution in [0.1, 0.15) is 39.2 Å². The summed E-state index contributed by atoms with van der Waals surface area (Å²) in [6.45, 7) is 6.46. The lowest BCUT2D eigenvalue weighted by Gasteiger charge is -2.16. The Morgan fingerprint density at radius 3 is 2.69 bits per heavy atom. The second kappa shape index (κ2) is 8.38. The molecule has 1 aliphatic heterocycles. The first-order valence-electron chi connectivity index (χ1n) is 9.92. The van der Waals surface area contributed by atoms with E-state index >= 15 is 0 Å². The Bertz CT molecular complexity index is 986. The summed E-state index contributed by atoms with van der Waals surface area (Å²) >= 11 is 0. The van der Waals surface area contributed by atoms with E-state index in [0.717, 1.165) is 37.1 Å². The van der Waals surface area contributed by atoms with Crippen molar-refractivity contribution < 1.29 is 4.79 Å². The zero-order valence-electron chi connectivity index (χ0n) is 16.7. The molecular formula is C19H25N9O. The molecule has 152 valence electrons. The molecule has 0 bridgehead atoms. The number of carbonyl (C=O) groups is 1. The van der Waals surface area contributed by atoms with Crippen molar-refractivity contribution in [3.05, 3.63) is 24.8 Å². The van der Waals surface area contributed by atoms with Gasteiger partial charge >= 0.3 is 0 Å². The van der Waals surface area contributed by atoms with Gasteiger partial charge in [0.15, 0.2) is 17.0 Å². The molecule has 2 N–H and O–H groups in total. The SMILES string of the molecule is CC(C)n1cnc2c(NCCCN3CCCC3=O)nc(Nc3ncccn3)nc21. The van der Waals surface area contributed by atoms with Crippen molar-refractivity contribution in [2.45, 2.75) is 39.2 Å². The monoisotopic (exact) mass is 395 g/mol. The van der Waals surface area contributed by atoms with Crippen LogP contribution in [0.15, 0.2) is 24.8 Å². The van der Waals surface area contributed by atoms with Gasteiger partial charge < -0.3 is 14.8 Å². The fraction of sp³-hybridized carbons (Fsp3) is 0.474. The summed E-state index contributed by atoms with van der Waals surface area (Å²) < 4.78 is 2.00. The van der Waals surface area contributed by atoms with Crippen LogP contribution in [0, 0.1) is 0 Å². The maximum atomic E-state index is 11.8. The summed E-state index contributed by atoms with van der Waals surface area (Å²) in [6.07, 6.45) is 7.56. The number of likely N-dealkylation sites (tertiary alicyclic amines) is 1. The Morgan fingerprint density at radius 2 is 1.97 bits per heavy atom. The molecule has 10 nitrogen and oxygen atoms in total. The molecule has 1 saturated heterocycles. The summed E-state index contributed by atoms with van der Waals surface area (Å²) in [5.41, 5.74) is 1.46. The van der Waals surface area contributed by atoms with Gasteiger partial charge in [0.1, 0.15) is 0 Å². The lowest BCUT2D eigenvalue weighted by atomic mass is 10.3. The van der Waals surface area contributed by atoms with E-state index in [2.05, 4.69) is 49.4 Å². The van der Waals surface area contributed by atoms with Gasteiger partial charge in [-0.2, -0.15) is 9.97 Å². The van der Waals surface area contributed by atoms with Crippen LogP contribution in [-0.2, 0) is 4.79 Å². The Hall–Kier alpha value is -3.30. The van der Waals surface area contributed by atoms with Gasteiger partial charge in [0.2, 0.25) is 17.8 Å². The highest BCUT2D eigenvalue weighted by atomic mass is 16.2. The summed E-state index contributed by atoms with van der Waals surface area (Å²) in [6, 6.07) is 1.96. The first-order chi connectivity index (χ1) is 14.1. The van der Waals surface area contributed by atoms with Crippen LogP contribution < -0.4 is 10.6 Å². The zero-order valence-corrected chi connectivity index (χ0v) is 16.7. The molecule has 1 aliphatic rings. The van der Waals surface area contributed by atoms with E-state index in [4.69, 9.17) is 0 Å². The summed E-state index contributed by atoms with van der Waals surface area (Å²) in [4.78, 5) is 35.7. The molecule has 10 heteroatoms. The third kappa shape index (κ3) is 4.25. The molecule has 0 spiro atoms. The normalized spacial score (nSPS) is 14.2. The molecule has 3 aromatic rings. The number of rotatable bonds is 8. The number of imidazole rings is 1. The van der Waals surface area contributed by atoms with Crippen LogP contribution in [0.5, 0.6) is 0 Å². The number of hydrogen-bond donors (Lipinski definition) is 2. The van der Waals surface area contributed by atoms with Crippen molar-refractivity contribution in [2.24, 2.45) is 0 Å². The average molecular weight is 395 g/mol. The minimum Gasteiger partial charge on any atom is -0.368 e. The van der Waals surface area contributed by atoms with E-state index in [1.54, 1.807) is 24.8 Å². The Labute approximate surface area is 168 Å². The van der Waals surface area contributed by atoms with E-state index in [0.29, 0.717) is 30.7 Å². The lowest BCUT2D eigenvalue weighted by molar-refractivity contribution is -0.127. The minimum atomic E-state index is 0.213. The van der Waals surface area contributed by atoms with E-state index in [9.17, 15) is 4.79 Å². The van der Waals surface area contributed by atoms with Crippen LogP contribution in [0.4, 0.5) is 17.7 Å². The largest absolute Gasteiger partial charge is 0.368 e. The van der Waals surface area contributed by atoms with Gasteiger partial charge in [0.05, 0.1) is 6.33 Å². The summed E-state index contributed by atoms with van der Waals surface area (Å²) in [7, 11) is 0. The number of carbonyl (C=O) groups excluding carboxylic acids is 1. The van der Waals surface area contributed by atoms with Gasteiger partial charge in [0, 0.05) is 44.5 Å². The number of nitrogens with zero attached hydrogens (tertiary/aromatic N) is 7. The van der Waals surface area contributed by atoms with E-state index in [-0.39, 0.29) is 11.9 Å². The average Bonchev–Trinajstić information content (AvgIpc) is 3.32. The molecule has 0 saturated carbocycles. The standard InChI is InChI=1S/C19H25N9O/c1-13(2)28-12-23-15-16(20-9-5-11-27-10-3-6-14(27)29)24-19(25-17(15)28)26-18-21-7-4-8-22-18/h4,7-8,12-13H,3,5-6,9-11H2,1-2H3,(H2,20,21,22,24,25,26). The van der Waals surface area contributed by atoms with Crippen molar-refractivity contribution in [1.82, 2.24) is 34.4 Å². The molecule has 3 aromatic heterocycles. The molecule has 29 heavy (non-hydrogen) atoms. The van der Waals surface area contributed by atoms with Crippen molar-refractivity contribution in [3.8, 4) is 0 Å². The number of hydrogen-bond acceptors (Lipinski definition) is 8. The molecule has 0 aromatic carbocycles. The van der Waals surface area contributed by atoms with Crippen molar-refractivity contribution in [3.63, 3.8) is 0 Å². The Kier molecular flexibility index (Phi) is 5.50. The number of anilines is 3. The predicted octanol–water partition coefficient (Wildman–Crippen LogP) is 2.37. The highest BCUT2D eigenvalue weighted by Crippen LogP contribution is 2.24. The quantitative estimate of drug-likeness (QED) is 0.559. The fourth-order valence-electron chi connectivity index (χ4n) is 3.35. The topological polar surface area (TPSA) is 114 Å². The van der Waals surface area contributed by atoms with Gasteiger partial charge in [-0.25, -0.2) is 15.0 Å². The maximum absolute atomic E-state index is 11.8. The lowest BCUT2D eigenvalue weighted by Crippen LogP contribution is -2.27. The van der Waals surface area contributed by atoms with Crippen LogP contribution in [0.3, 0.4) is 0 Å². The molecular weight excluding hydrogens is 370 g/mol. The maximum Gasteiger partial charge on any atom is 0.233 e. The Balaban J connectivity index is 1.53. The van der Waals surface area contributed by atoms with E-state index < -0.39 is 0 Å². The van der Waals surface area contributed by atoms with Gasteiger partial charge in [0.25, 0.3) is 0 Å². The Morgan fingerprint density at radius 1 is 1.14 bits per heavy atom. The second-order valence-electron chi connectivity index (χ2n) is 7.28. The van der Waals surface area contributed by atoms with E-state index in [1.807, 2.05) is 9.47 Å². The summed E-state index contributed by atoms with van der Waals surface area (Å²) in [5.74, 6) is 1.74. The van der Waals surface area contributed by atoms with Gasteiger partial charge in [-0.3, -0.25) is 10.1 Å². The molecule has 0 atom stereocenters. The molecule has 1 amide bonds. The van der Waals surface area contributed by atoms with Gasteiger partial charge in [-0.1, -0.05) is 0 Å². The number of amides is 1. The second-order valence-corrected chi connectivity index (χ2v) is 7.28. The van der Waals surface area contributed by atoms with Crippen molar-refractivity contribution in [1.29, 1.82) is 0 Å². The van der Waals surface area contributed by atoms with Crippen LogP contribution in [-0.4, -0.2) is 59.9 Å². The number of nitrogens with one attached hydrogen (secondary N) is 2. The third-order valence-corrected chi connectivity index (χ3v) is 4.84. The smallest absolute Gasteiger partial charge is 0.233 e. The number of aromatic nitrogens is 6.